The van der Waals surface area contributed by atoms with Crippen LogP contribution in [0.5, 0.6) is 0 Å². The largest absolute Gasteiger partial charge is 0.417 e. The summed E-state index contributed by atoms with van der Waals surface area (Å²) in [6.07, 6.45) is -4.54. The smallest absolute Gasteiger partial charge is 0.384 e. The van der Waals surface area contributed by atoms with E-state index in [-0.39, 0.29) is 18.0 Å². The third-order valence-corrected chi connectivity index (χ3v) is 5.24. The summed E-state index contributed by atoms with van der Waals surface area (Å²) in [5.74, 6) is -0.144. The van der Waals surface area contributed by atoms with E-state index >= 15 is 0 Å². The molecule has 114 valence electrons. The second-order valence-corrected chi connectivity index (χ2v) is 7.62. The lowest BCUT2D eigenvalue weighted by atomic mass is 10.2. The van der Waals surface area contributed by atoms with E-state index in [1.165, 1.54) is 6.07 Å². The molecule has 0 spiro atoms. The topological polar surface area (TPSA) is 46.2 Å². The molecule has 0 aliphatic rings. The molecule has 0 fully saturated rings. The molecule has 8 heteroatoms. The zero-order valence-electron chi connectivity index (χ0n) is 11.0. The van der Waals surface area contributed by atoms with E-state index < -0.39 is 31.8 Å². The number of hydrogen-bond acceptors (Lipinski definition) is 3. The molecule has 0 aliphatic heterocycles. The van der Waals surface area contributed by atoms with E-state index in [0.717, 1.165) is 12.1 Å². The van der Waals surface area contributed by atoms with Crippen molar-refractivity contribution in [1.82, 2.24) is 0 Å². The summed E-state index contributed by atoms with van der Waals surface area (Å²) >= 11 is 5.49. The van der Waals surface area contributed by atoms with Crippen LogP contribution in [0.25, 0.3) is 0 Å². The second kappa shape index (κ2) is 6.22. The first-order valence-electron chi connectivity index (χ1n) is 5.86. The molecule has 0 aromatic heterocycles. The lowest BCUT2D eigenvalue weighted by Gasteiger charge is -2.13. The summed E-state index contributed by atoms with van der Waals surface area (Å²) in [7, 11) is -3.23. The van der Waals surface area contributed by atoms with Gasteiger partial charge in [0.25, 0.3) is 0 Å². The maximum Gasteiger partial charge on any atom is 0.417 e. The number of anilines is 1. The third kappa shape index (κ3) is 4.56. The van der Waals surface area contributed by atoms with E-state index in [1.54, 1.807) is 13.8 Å². The predicted molar refractivity (Wildman–Crippen MR) is 73.9 cm³/mol. The molecule has 1 rings (SSSR count). The van der Waals surface area contributed by atoms with Crippen LogP contribution in [0.1, 0.15) is 19.4 Å². The lowest BCUT2D eigenvalue weighted by Crippen LogP contribution is -2.23. The van der Waals surface area contributed by atoms with Crippen LogP contribution in [-0.4, -0.2) is 26.0 Å². The van der Waals surface area contributed by atoms with E-state index in [4.69, 9.17) is 11.6 Å². The zero-order valence-corrected chi connectivity index (χ0v) is 12.5. The molecule has 0 atom stereocenters. The lowest BCUT2D eigenvalue weighted by molar-refractivity contribution is -0.137. The number of nitrogens with one attached hydrogen (secondary N) is 1. The number of alkyl halides is 3. The molecule has 20 heavy (non-hydrogen) atoms. The van der Waals surface area contributed by atoms with Gasteiger partial charge in [0, 0.05) is 12.2 Å². The Balaban J connectivity index is 2.76. The Hall–Kier alpha value is -0.950. The van der Waals surface area contributed by atoms with Gasteiger partial charge < -0.3 is 5.32 Å². The van der Waals surface area contributed by atoms with Crippen LogP contribution in [0.3, 0.4) is 0 Å². The van der Waals surface area contributed by atoms with E-state index in [9.17, 15) is 21.6 Å². The van der Waals surface area contributed by atoms with Crippen molar-refractivity contribution in [2.75, 3.05) is 17.6 Å². The van der Waals surface area contributed by atoms with Gasteiger partial charge in [-0.3, -0.25) is 0 Å². The van der Waals surface area contributed by atoms with Crippen molar-refractivity contribution in [2.45, 2.75) is 25.3 Å². The van der Waals surface area contributed by atoms with Gasteiger partial charge in [-0.15, -0.1) is 0 Å². The van der Waals surface area contributed by atoms with Crippen molar-refractivity contribution in [3.63, 3.8) is 0 Å². The number of sulfone groups is 1. The van der Waals surface area contributed by atoms with Crippen LogP contribution < -0.4 is 5.32 Å². The highest BCUT2D eigenvalue weighted by atomic mass is 35.5. The monoisotopic (exact) mass is 329 g/mol. The van der Waals surface area contributed by atoms with Gasteiger partial charge in [-0.25, -0.2) is 8.42 Å². The summed E-state index contributed by atoms with van der Waals surface area (Å²) in [4.78, 5) is 0. The van der Waals surface area contributed by atoms with E-state index in [1.807, 2.05) is 0 Å². The molecular formula is C12H15ClF3NO2S. The summed E-state index contributed by atoms with van der Waals surface area (Å²) in [5.41, 5.74) is -0.767. The van der Waals surface area contributed by atoms with Gasteiger partial charge in [0.15, 0.2) is 9.84 Å². The van der Waals surface area contributed by atoms with Crippen LogP contribution in [0.2, 0.25) is 5.02 Å². The standard InChI is InChI=1S/C12H15ClF3NO2S/c1-8(2)20(18,19)6-5-17-9-3-4-11(13)10(7-9)12(14,15)16/h3-4,7-8,17H,5-6H2,1-2H3. The molecule has 1 N–H and O–H groups in total. The molecule has 0 radical (unpaired) electrons. The number of rotatable bonds is 5. The van der Waals surface area contributed by atoms with Crippen LogP contribution in [0, 0.1) is 0 Å². The first-order chi connectivity index (χ1) is 9.04. The Morgan fingerprint density at radius 1 is 1.30 bits per heavy atom. The molecule has 1 aromatic carbocycles. The number of benzene rings is 1. The number of hydrogen-bond donors (Lipinski definition) is 1. The van der Waals surface area contributed by atoms with Crippen molar-refractivity contribution in [2.24, 2.45) is 0 Å². The van der Waals surface area contributed by atoms with Gasteiger partial charge in [0.05, 0.1) is 21.6 Å². The summed E-state index contributed by atoms with van der Waals surface area (Å²) in [5, 5.41) is 1.75. The molecule has 0 bridgehead atoms. The summed E-state index contributed by atoms with van der Waals surface area (Å²) in [6, 6.07) is 3.37. The first kappa shape index (κ1) is 17.1. The highest BCUT2D eigenvalue weighted by Gasteiger charge is 2.33. The molecule has 0 aliphatic carbocycles. The SMILES string of the molecule is CC(C)S(=O)(=O)CCNc1ccc(Cl)c(C(F)(F)F)c1. The van der Waals surface area contributed by atoms with E-state index in [2.05, 4.69) is 5.32 Å². The number of halogens is 4. The van der Waals surface area contributed by atoms with Gasteiger partial charge in [0.1, 0.15) is 0 Å². The molecule has 0 unspecified atom stereocenters. The van der Waals surface area contributed by atoms with Gasteiger partial charge in [0.2, 0.25) is 0 Å². The Kier molecular flexibility index (Phi) is 5.32. The van der Waals surface area contributed by atoms with Crippen molar-refractivity contribution >= 4 is 27.1 Å². The average molecular weight is 330 g/mol. The van der Waals surface area contributed by atoms with Gasteiger partial charge in [-0.05, 0) is 32.0 Å². The van der Waals surface area contributed by atoms with Crippen molar-refractivity contribution in [3.05, 3.63) is 28.8 Å². The van der Waals surface area contributed by atoms with E-state index in [0.29, 0.717) is 0 Å². The Morgan fingerprint density at radius 2 is 1.90 bits per heavy atom. The zero-order chi connectivity index (χ0) is 15.6. The fourth-order valence-corrected chi connectivity index (χ4v) is 2.51. The first-order valence-corrected chi connectivity index (χ1v) is 7.95. The Morgan fingerprint density at radius 3 is 2.40 bits per heavy atom. The summed E-state index contributed by atoms with van der Waals surface area (Å²) < 4.78 is 61.0. The quantitative estimate of drug-likeness (QED) is 0.898. The van der Waals surface area contributed by atoms with Crippen molar-refractivity contribution < 1.29 is 21.6 Å². The second-order valence-electron chi connectivity index (χ2n) is 4.53. The minimum Gasteiger partial charge on any atom is -0.384 e. The Labute approximate surface area is 121 Å². The Bertz CT molecular complexity index is 571. The fraction of sp³-hybridized carbons (Fsp3) is 0.500. The average Bonchev–Trinajstić information content (AvgIpc) is 2.29. The molecule has 0 amide bonds. The van der Waals surface area contributed by atoms with Gasteiger partial charge in [-0.1, -0.05) is 11.6 Å². The van der Waals surface area contributed by atoms with Crippen LogP contribution >= 0.6 is 11.6 Å². The molecule has 0 heterocycles. The van der Waals surface area contributed by atoms with Gasteiger partial charge in [-0.2, -0.15) is 13.2 Å². The van der Waals surface area contributed by atoms with Crippen LogP contribution in [0.4, 0.5) is 18.9 Å². The molecular weight excluding hydrogens is 315 g/mol. The molecule has 0 saturated carbocycles. The normalized spacial score (nSPS) is 12.8. The highest BCUT2D eigenvalue weighted by Crippen LogP contribution is 2.36. The van der Waals surface area contributed by atoms with Crippen LogP contribution in [-0.2, 0) is 16.0 Å². The summed E-state index contributed by atoms with van der Waals surface area (Å²) in [6.45, 7) is 3.15. The maximum atomic E-state index is 12.6. The molecule has 1 aromatic rings. The minimum atomic E-state index is -4.54. The maximum absolute atomic E-state index is 12.6. The predicted octanol–water partition coefficient (Wildman–Crippen LogP) is 3.59. The molecule has 0 saturated heterocycles. The van der Waals surface area contributed by atoms with Gasteiger partial charge >= 0.3 is 6.18 Å². The fourth-order valence-electron chi connectivity index (χ4n) is 1.43. The van der Waals surface area contributed by atoms with Crippen LogP contribution in [0.15, 0.2) is 18.2 Å². The highest BCUT2D eigenvalue weighted by molar-refractivity contribution is 7.92. The van der Waals surface area contributed by atoms with Crippen molar-refractivity contribution in [1.29, 1.82) is 0 Å². The minimum absolute atomic E-state index is 0.0411. The third-order valence-electron chi connectivity index (χ3n) is 2.71. The molecule has 3 nitrogen and oxygen atoms in total. The van der Waals surface area contributed by atoms with Crippen molar-refractivity contribution in [3.8, 4) is 0 Å².